The summed E-state index contributed by atoms with van der Waals surface area (Å²) in [6.07, 6.45) is 4.10. The summed E-state index contributed by atoms with van der Waals surface area (Å²) >= 11 is 0. The number of rotatable bonds is 4. The first-order valence-electron chi connectivity index (χ1n) is 4.99. The van der Waals surface area contributed by atoms with Crippen LogP contribution in [-0.2, 0) is 4.74 Å². The summed E-state index contributed by atoms with van der Waals surface area (Å²) in [7, 11) is 1.70. The average Bonchev–Trinajstić information content (AvgIpc) is 2.19. The van der Waals surface area contributed by atoms with E-state index in [0.29, 0.717) is 12.5 Å². The number of methoxy groups -OCH3 is 1. The van der Waals surface area contributed by atoms with Gasteiger partial charge in [-0.15, -0.1) is 0 Å². The van der Waals surface area contributed by atoms with E-state index in [4.69, 9.17) is 4.74 Å². The van der Waals surface area contributed by atoms with Gasteiger partial charge in [-0.3, -0.25) is 0 Å². The zero-order valence-electron chi connectivity index (χ0n) is 9.16. The Morgan fingerprint density at radius 2 is 1.86 bits per heavy atom. The Balaban J connectivity index is 2.64. The number of hydrogen-bond acceptors (Lipinski definition) is 1. The molecule has 1 rings (SSSR count). The van der Waals surface area contributed by atoms with Gasteiger partial charge in [0.2, 0.25) is 0 Å². The van der Waals surface area contributed by atoms with Crippen LogP contribution in [0.3, 0.4) is 0 Å². The summed E-state index contributed by atoms with van der Waals surface area (Å²) in [6, 6.07) is 8.64. The van der Waals surface area contributed by atoms with Gasteiger partial charge in [-0.05, 0) is 17.0 Å². The van der Waals surface area contributed by atoms with Crippen LogP contribution in [0, 0.1) is 0 Å². The van der Waals surface area contributed by atoms with Gasteiger partial charge in [0.25, 0.3) is 0 Å². The van der Waals surface area contributed by atoms with Crippen molar-refractivity contribution < 1.29 is 4.74 Å². The number of ether oxygens (including phenoxy) is 1. The second kappa shape index (κ2) is 5.61. The minimum atomic E-state index is 0.604. The van der Waals surface area contributed by atoms with E-state index in [1.807, 2.05) is 6.08 Å². The fourth-order valence-corrected chi connectivity index (χ4v) is 1.27. The van der Waals surface area contributed by atoms with Crippen molar-refractivity contribution in [3.63, 3.8) is 0 Å². The van der Waals surface area contributed by atoms with Gasteiger partial charge in [0, 0.05) is 7.11 Å². The van der Waals surface area contributed by atoms with E-state index in [1.54, 1.807) is 7.11 Å². The van der Waals surface area contributed by atoms with Crippen LogP contribution < -0.4 is 0 Å². The molecule has 0 N–H and O–H groups in total. The molecule has 0 atom stereocenters. The Bertz CT molecular complexity index is 283. The number of benzene rings is 1. The van der Waals surface area contributed by atoms with Gasteiger partial charge >= 0.3 is 0 Å². The Labute approximate surface area is 86.4 Å². The first-order valence-corrected chi connectivity index (χ1v) is 4.99. The van der Waals surface area contributed by atoms with Crippen molar-refractivity contribution in [2.75, 3.05) is 13.7 Å². The molecule has 0 aliphatic rings. The van der Waals surface area contributed by atoms with E-state index in [1.165, 1.54) is 11.1 Å². The zero-order chi connectivity index (χ0) is 10.4. The molecule has 76 valence electrons. The normalized spacial score (nSPS) is 11.4. The molecule has 14 heavy (non-hydrogen) atoms. The summed E-state index contributed by atoms with van der Waals surface area (Å²) in [4.78, 5) is 0. The van der Waals surface area contributed by atoms with Crippen molar-refractivity contribution in [3.05, 3.63) is 41.5 Å². The molecule has 0 aliphatic heterocycles. The van der Waals surface area contributed by atoms with E-state index in [-0.39, 0.29) is 0 Å². The van der Waals surface area contributed by atoms with Crippen LogP contribution in [0.25, 0.3) is 6.08 Å². The molecule has 0 aliphatic carbocycles. The Kier molecular flexibility index (Phi) is 4.41. The van der Waals surface area contributed by atoms with E-state index < -0.39 is 0 Å². The lowest BCUT2D eigenvalue weighted by atomic mass is 10.0. The van der Waals surface area contributed by atoms with E-state index in [2.05, 4.69) is 44.2 Å². The van der Waals surface area contributed by atoms with Gasteiger partial charge in [0.05, 0.1) is 6.61 Å². The van der Waals surface area contributed by atoms with Gasteiger partial charge in [-0.25, -0.2) is 0 Å². The second-order valence-electron chi connectivity index (χ2n) is 3.68. The molecule has 0 saturated heterocycles. The van der Waals surface area contributed by atoms with Gasteiger partial charge in [0.15, 0.2) is 0 Å². The molecule has 1 heteroatoms. The zero-order valence-corrected chi connectivity index (χ0v) is 9.16. The fraction of sp³-hybridized carbons (Fsp3) is 0.385. The van der Waals surface area contributed by atoms with Gasteiger partial charge in [0.1, 0.15) is 0 Å². The highest BCUT2D eigenvalue weighted by Crippen LogP contribution is 2.15. The van der Waals surface area contributed by atoms with Crippen LogP contribution >= 0.6 is 0 Å². The lowest BCUT2D eigenvalue weighted by molar-refractivity contribution is 0.234. The molecule has 0 unspecified atom stereocenters. The van der Waals surface area contributed by atoms with E-state index >= 15 is 0 Å². The monoisotopic (exact) mass is 190 g/mol. The molecule has 0 amide bonds. The van der Waals surface area contributed by atoms with Crippen LogP contribution in [0.15, 0.2) is 30.3 Å². The van der Waals surface area contributed by atoms with Crippen LogP contribution in [0.4, 0.5) is 0 Å². The smallest absolute Gasteiger partial charge is 0.0646 e. The summed E-state index contributed by atoms with van der Waals surface area (Å²) in [5, 5.41) is 0. The molecule has 0 radical (unpaired) electrons. The second-order valence-corrected chi connectivity index (χ2v) is 3.68. The first kappa shape index (κ1) is 11.0. The standard InChI is InChI=1S/C13H18O/c1-11(2)13-8-6-12(7-9-13)5-4-10-14-3/h4-9,11H,10H2,1-3H3/b5-4+. The summed E-state index contributed by atoms with van der Waals surface area (Å²) < 4.78 is 4.94. The Morgan fingerprint density at radius 1 is 1.21 bits per heavy atom. The summed E-state index contributed by atoms with van der Waals surface area (Å²) in [5.74, 6) is 0.604. The van der Waals surface area contributed by atoms with Gasteiger partial charge < -0.3 is 4.74 Å². The van der Waals surface area contributed by atoms with E-state index in [9.17, 15) is 0 Å². The molecule has 0 heterocycles. The molecule has 0 aromatic heterocycles. The Morgan fingerprint density at radius 3 is 2.36 bits per heavy atom. The molecule has 1 nitrogen and oxygen atoms in total. The lowest BCUT2D eigenvalue weighted by Crippen LogP contribution is -1.86. The molecular formula is C13H18O. The summed E-state index contributed by atoms with van der Waals surface area (Å²) in [5.41, 5.74) is 2.61. The molecular weight excluding hydrogens is 172 g/mol. The third kappa shape index (κ3) is 3.35. The largest absolute Gasteiger partial charge is 0.381 e. The van der Waals surface area contributed by atoms with Crippen molar-refractivity contribution in [1.82, 2.24) is 0 Å². The third-order valence-corrected chi connectivity index (χ3v) is 2.18. The minimum Gasteiger partial charge on any atom is -0.381 e. The van der Waals surface area contributed by atoms with Crippen molar-refractivity contribution in [3.8, 4) is 0 Å². The Hall–Kier alpha value is -1.08. The molecule has 0 spiro atoms. The predicted octanol–water partition coefficient (Wildman–Crippen LogP) is 3.47. The van der Waals surface area contributed by atoms with Crippen LogP contribution in [0.2, 0.25) is 0 Å². The summed E-state index contributed by atoms with van der Waals surface area (Å²) in [6.45, 7) is 5.08. The third-order valence-electron chi connectivity index (χ3n) is 2.18. The van der Waals surface area contributed by atoms with Crippen molar-refractivity contribution >= 4 is 6.08 Å². The topological polar surface area (TPSA) is 9.23 Å². The van der Waals surface area contributed by atoms with Crippen LogP contribution in [0.1, 0.15) is 30.9 Å². The van der Waals surface area contributed by atoms with Crippen molar-refractivity contribution in [2.24, 2.45) is 0 Å². The average molecular weight is 190 g/mol. The highest BCUT2D eigenvalue weighted by Gasteiger charge is 1.96. The maximum atomic E-state index is 4.94. The quantitative estimate of drug-likeness (QED) is 0.706. The maximum absolute atomic E-state index is 4.94. The van der Waals surface area contributed by atoms with Crippen LogP contribution in [0.5, 0.6) is 0 Å². The highest BCUT2D eigenvalue weighted by atomic mass is 16.5. The predicted molar refractivity (Wildman–Crippen MR) is 61.4 cm³/mol. The highest BCUT2D eigenvalue weighted by molar-refractivity contribution is 5.49. The van der Waals surface area contributed by atoms with Gasteiger partial charge in [-0.1, -0.05) is 50.3 Å². The van der Waals surface area contributed by atoms with E-state index in [0.717, 1.165) is 0 Å². The fourth-order valence-electron chi connectivity index (χ4n) is 1.27. The van der Waals surface area contributed by atoms with Crippen molar-refractivity contribution in [2.45, 2.75) is 19.8 Å². The first-order chi connectivity index (χ1) is 6.74. The molecule has 0 saturated carbocycles. The van der Waals surface area contributed by atoms with Gasteiger partial charge in [-0.2, -0.15) is 0 Å². The maximum Gasteiger partial charge on any atom is 0.0646 e. The molecule has 1 aromatic rings. The number of hydrogen-bond donors (Lipinski definition) is 0. The SMILES string of the molecule is COC/C=C/c1ccc(C(C)C)cc1. The minimum absolute atomic E-state index is 0.604. The van der Waals surface area contributed by atoms with Crippen molar-refractivity contribution in [1.29, 1.82) is 0 Å². The van der Waals surface area contributed by atoms with Crippen LogP contribution in [-0.4, -0.2) is 13.7 Å². The molecule has 1 aromatic carbocycles. The molecule has 0 fully saturated rings. The molecule has 0 bridgehead atoms. The lowest BCUT2D eigenvalue weighted by Gasteiger charge is -2.04.